The lowest BCUT2D eigenvalue weighted by Gasteiger charge is -2.34. The largest absolute Gasteiger partial charge is 0.481 e. The van der Waals surface area contributed by atoms with Crippen LogP contribution in [0.4, 0.5) is 0 Å². The van der Waals surface area contributed by atoms with E-state index in [0.717, 1.165) is 38.5 Å². The average Bonchev–Trinajstić information content (AvgIpc) is 2.66. The Hall–Kier alpha value is -1.14. The third-order valence-corrected chi connectivity index (χ3v) is 5.53. The lowest BCUT2D eigenvalue weighted by Crippen LogP contribution is -2.41. The fourth-order valence-corrected chi connectivity index (χ4v) is 3.81. The molecule has 172 valence electrons. The maximum Gasteiger partial charge on any atom is 0.306 e. The molecule has 0 saturated heterocycles. The van der Waals surface area contributed by atoms with Crippen molar-refractivity contribution in [1.82, 2.24) is 0 Å². The van der Waals surface area contributed by atoms with Crippen molar-refractivity contribution in [3.8, 4) is 0 Å². The summed E-state index contributed by atoms with van der Waals surface area (Å²) in [6, 6.07) is 0. The number of carbonyl (C=O) groups is 2. The van der Waals surface area contributed by atoms with E-state index in [9.17, 15) is 14.7 Å². The Morgan fingerprint density at radius 1 is 0.759 bits per heavy atom. The van der Waals surface area contributed by atoms with Crippen LogP contribution in [-0.4, -0.2) is 47.6 Å². The highest BCUT2D eigenvalue weighted by molar-refractivity contribution is 5.71. The van der Waals surface area contributed by atoms with Gasteiger partial charge in [0.1, 0.15) is 0 Å². The van der Waals surface area contributed by atoms with E-state index in [2.05, 4.69) is 13.8 Å². The molecular weight excluding hydrogens is 372 g/mol. The highest BCUT2D eigenvalue weighted by Crippen LogP contribution is 2.29. The molecular formula is C23H44O6. The molecule has 0 spiro atoms. The quantitative estimate of drug-likeness (QED) is 0.254. The second kappa shape index (κ2) is 17.7. The van der Waals surface area contributed by atoms with Crippen molar-refractivity contribution in [2.45, 2.75) is 111 Å². The van der Waals surface area contributed by atoms with Crippen LogP contribution in [0.15, 0.2) is 0 Å². The normalized spacial score (nSPS) is 15.6. The van der Waals surface area contributed by atoms with E-state index in [1.54, 1.807) is 0 Å². The number of hydrogen-bond donors (Lipinski definition) is 2. The zero-order chi connectivity index (χ0) is 22.1. The van der Waals surface area contributed by atoms with Gasteiger partial charge < -0.3 is 19.7 Å². The number of carboxylic acid groups (broad SMARTS) is 2. The lowest BCUT2D eigenvalue weighted by molar-refractivity contribution is -0.152. The minimum atomic E-state index is -0.900. The van der Waals surface area contributed by atoms with E-state index in [4.69, 9.17) is 14.6 Å². The highest BCUT2D eigenvalue weighted by atomic mass is 16.5. The minimum absolute atomic E-state index is 0.0188. The molecule has 29 heavy (non-hydrogen) atoms. The SMILES string of the molecule is CCCCCCOC(C)C(C(C)OCCCCCC)C(CCCC(=O)O)C(=O)O. The number of ether oxygens (including phenoxy) is 2. The van der Waals surface area contributed by atoms with Crippen LogP contribution < -0.4 is 0 Å². The molecule has 0 fully saturated rings. The maximum atomic E-state index is 12.0. The van der Waals surface area contributed by atoms with Gasteiger partial charge in [-0.2, -0.15) is 0 Å². The fourth-order valence-electron chi connectivity index (χ4n) is 3.81. The summed E-state index contributed by atoms with van der Waals surface area (Å²) in [5.41, 5.74) is 0. The van der Waals surface area contributed by atoms with Crippen molar-refractivity contribution in [3.63, 3.8) is 0 Å². The molecule has 3 atom stereocenters. The van der Waals surface area contributed by atoms with Crippen molar-refractivity contribution >= 4 is 11.9 Å². The molecule has 0 amide bonds. The summed E-state index contributed by atoms with van der Waals surface area (Å²) >= 11 is 0. The minimum Gasteiger partial charge on any atom is -0.481 e. The van der Waals surface area contributed by atoms with Crippen LogP contribution in [0.3, 0.4) is 0 Å². The second-order valence-electron chi connectivity index (χ2n) is 8.08. The highest BCUT2D eigenvalue weighted by Gasteiger charge is 2.37. The van der Waals surface area contributed by atoms with Crippen LogP contribution in [0, 0.1) is 11.8 Å². The Kier molecular flexibility index (Phi) is 17.0. The van der Waals surface area contributed by atoms with E-state index in [-0.39, 0.29) is 24.5 Å². The Balaban J connectivity index is 4.95. The monoisotopic (exact) mass is 416 g/mol. The lowest BCUT2D eigenvalue weighted by atomic mass is 9.81. The third-order valence-electron chi connectivity index (χ3n) is 5.53. The van der Waals surface area contributed by atoms with Gasteiger partial charge >= 0.3 is 11.9 Å². The van der Waals surface area contributed by atoms with Crippen molar-refractivity contribution in [2.24, 2.45) is 11.8 Å². The van der Waals surface area contributed by atoms with Gasteiger partial charge in [-0.3, -0.25) is 9.59 Å². The zero-order valence-corrected chi connectivity index (χ0v) is 19.0. The molecule has 0 aliphatic carbocycles. The van der Waals surface area contributed by atoms with Gasteiger partial charge in [0.2, 0.25) is 0 Å². The third kappa shape index (κ3) is 13.7. The van der Waals surface area contributed by atoms with Crippen LogP contribution >= 0.6 is 0 Å². The number of unbranched alkanes of at least 4 members (excludes halogenated alkanes) is 6. The smallest absolute Gasteiger partial charge is 0.306 e. The summed E-state index contributed by atoms with van der Waals surface area (Å²) in [6.07, 6.45) is 8.94. The van der Waals surface area contributed by atoms with Gasteiger partial charge in [-0.15, -0.1) is 0 Å². The molecule has 6 heteroatoms. The maximum absolute atomic E-state index is 12.0. The van der Waals surface area contributed by atoms with E-state index in [1.165, 1.54) is 12.8 Å². The molecule has 0 aromatic heterocycles. The van der Waals surface area contributed by atoms with Crippen molar-refractivity contribution in [1.29, 1.82) is 0 Å². The second-order valence-corrected chi connectivity index (χ2v) is 8.08. The molecule has 0 aromatic carbocycles. The van der Waals surface area contributed by atoms with Crippen LogP contribution in [-0.2, 0) is 19.1 Å². The average molecular weight is 417 g/mol. The Bertz CT molecular complexity index is 406. The first-order chi connectivity index (χ1) is 13.8. The number of carboxylic acids is 2. The van der Waals surface area contributed by atoms with Crippen LogP contribution in [0.1, 0.15) is 98.3 Å². The molecule has 0 heterocycles. The summed E-state index contributed by atoms with van der Waals surface area (Å²) in [5, 5.41) is 18.7. The first-order valence-corrected chi connectivity index (χ1v) is 11.5. The van der Waals surface area contributed by atoms with E-state index in [1.807, 2.05) is 13.8 Å². The van der Waals surface area contributed by atoms with Gasteiger partial charge in [-0.25, -0.2) is 0 Å². The first kappa shape index (κ1) is 27.9. The van der Waals surface area contributed by atoms with Crippen molar-refractivity contribution in [2.75, 3.05) is 13.2 Å². The standard InChI is InChI=1S/C23H44O6/c1-5-7-9-11-16-28-18(3)22(19(4)29-17-12-10-8-6-2)20(23(26)27)14-13-15-21(24)25/h18-20,22H,5-17H2,1-4H3,(H,24,25)(H,26,27). The van der Waals surface area contributed by atoms with E-state index in [0.29, 0.717) is 26.1 Å². The summed E-state index contributed by atoms with van der Waals surface area (Å²) in [6.45, 7) is 9.40. The predicted octanol–water partition coefficient (Wildman–Crippen LogP) is 5.53. The van der Waals surface area contributed by atoms with Gasteiger partial charge in [-0.05, 0) is 39.5 Å². The summed E-state index contributed by atoms with van der Waals surface area (Å²) < 4.78 is 12.0. The predicted molar refractivity (Wildman–Crippen MR) is 115 cm³/mol. The molecule has 3 unspecified atom stereocenters. The van der Waals surface area contributed by atoms with Crippen LogP contribution in [0.25, 0.3) is 0 Å². The van der Waals surface area contributed by atoms with E-state index >= 15 is 0 Å². The molecule has 0 radical (unpaired) electrons. The first-order valence-electron chi connectivity index (χ1n) is 11.5. The van der Waals surface area contributed by atoms with Gasteiger partial charge in [0.05, 0.1) is 18.1 Å². The van der Waals surface area contributed by atoms with Gasteiger partial charge in [0.25, 0.3) is 0 Å². The van der Waals surface area contributed by atoms with Crippen molar-refractivity contribution < 1.29 is 29.3 Å². The molecule has 0 bridgehead atoms. The summed E-state index contributed by atoms with van der Waals surface area (Å²) in [4.78, 5) is 22.8. The molecule has 0 aromatic rings. The Labute approximate surface area is 177 Å². The molecule has 0 saturated carbocycles. The van der Waals surface area contributed by atoms with Crippen LogP contribution in [0.2, 0.25) is 0 Å². The molecule has 0 rings (SSSR count). The van der Waals surface area contributed by atoms with Gasteiger partial charge in [0.15, 0.2) is 0 Å². The molecule has 0 aliphatic rings. The molecule has 6 nitrogen and oxygen atoms in total. The van der Waals surface area contributed by atoms with Crippen LogP contribution in [0.5, 0.6) is 0 Å². The topological polar surface area (TPSA) is 93.1 Å². The Morgan fingerprint density at radius 3 is 1.62 bits per heavy atom. The molecule has 0 aliphatic heterocycles. The van der Waals surface area contributed by atoms with E-state index < -0.39 is 17.9 Å². The van der Waals surface area contributed by atoms with Gasteiger partial charge in [-0.1, -0.05) is 52.4 Å². The number of aliphatic carboxylic acids is 2. The number of rotatable bonds is 20. The summed E-state index contributed by atoms with van der Waals surface area (Å²) in [7, 11) is 0. The molecule has 2 N–H and O–H groups in total. The zero-order valence-electron chi connectivity index (χ0n) is 19.0. The van der Waals surface area contributed by atoms with Crippen molar-refractivity contribution in [3.05, 3.63) is 0 Å². The Morgan fingerprint density at radius 2 is 1.24 bits per heavy atom. The summed E-state index contributed by atoms with van der Waals surface area (Å²) in [5.74, 6) is -2.78. The van der Waals surface area contributed by atoms with Gasteiger partial charge in [0, 0.05) is 25.6 Å². The number of hydrogen-bond acceptors (Lipinski definition) is 4. The fraction of sp³-hybridized carbons (Fsp3) is 0.913.